The molecule has 0 saturated carbocycles. The summed E-state index contributed by atoms with van der Waals surface area (Å²) in [7, 11) is 0. The van der Waals surface area contributed by atoms with Gasteiger partial charge in [0, 0.05) is 21.0 Å². The minimum absolute atomic E-state index is 0.0798. The van der Waals surface area contributed by atoms with Crippen molar-refractivity contribution in [3.63, 3.8) is 0 Å². The van der Waals surface area contributed by atoms with Crippen LogP contribution in [0.2, 0.25) is 0 Å². The molecule has 0 saturated heterocycles. The van der Waals surface area contributed by atoms with Crippen LogP contribution in [0.3, 0.4) is 0 Å². The zero-order valence-corrected chi connectivity index (χ0v) is 12.7. The van der Waals surface area contributed by atoms with E-state index in [0.717, 1.165) is 21.5 Å². The summed E-state index contributed by atoms with van der Waals surface area (Å²) in [6, 6.07) is 8.68. The average molecular weight is 352 g/mol. The Morgan fingerprint density at radius 1 is 1.19 bits per heavy atom. The molecule has 0 fully saturated rings. The van der Waals surface area contributed by atoms with Crippen molar-refractivity contribution < 1.29 is 13.2 Å². The predicted molar refractivity (Wildman–Crippen MR) is 81.0 cm³/mol. The number of hydrogen-bond donors (Lipinski definition) is 1. The molecular formula is C16H12BrF2NO. The summed E-state index contributed by atoms with van der Waals surface area (Å²) in [4.78, 5) is 0. The van der Waals surface area contributed by atoms with Crippen molar-refractivity contribution in [2.45, 2.75) is 13.0 Å². The van der Waals surface area contributed by atoms with Crippen molar-refractivity contribution in [2.24, 2.45) is 5.73 Å². The third kappa shape index (κ3) is 2.36. The maximum absolute atomic E-state index is 13.9. The van der Waals surface area contributed by atoms with Crippen LogP contribution >= 0.6 is 15.9 Å². The number of aryl methyl sites for hydroxylation is 1. The van der Waals surface area contributed by atoms with Crippen LogP contribution in [0.4, 0.5) is 8.78 Å². The largest absolute Gasteiger partial charge is 0.459 e. The third-order valence-electron chi connectivity index (χ3n) is 3.53. The fourth-order valence-corrected chi connectivity index (χ4v) is 2.77. The molecule has 2 nitrogen and oxygen atoms in total. The van der Waals surface area contributed by atoms with E-state index in [1.807, 2.05) is 25.1 Å². The van der Waals surface area contributed by atoms with Crippen molar-refractivity contribution in [3.05, 3.63) is 69.4 Å². The van der Waals surface area contributed by atoms with E-state index in [2.05, 4.69) is 15.9 Å². The summed E-state index contributed by atoms with van der Waals surface area (Å²) in [5.41, 5.74) is 7.64. The van der Waals surface area contributed by atoms with Gasteiger partial charge in [0.2, 0.25) is 0 Å². The van der Waals surface area contributed by atoms with Crippen LogP contribution in [0, 0.1) is 18.6 Å². The number of benzene rings is 2. The van der Waals surface area contributed by atoms with Crippen LogP contribution in [0.5, 0.6) is 0 Å². The van der Waals surface area contributed by atoms with Crippen molar-refractivity contribution in [1.29, 1.82) is 0 Å². The first-order valence-corrected chi connectivity index (χ1v) is 7.16. The Hall–Kier alpha value is -1.72. The van der Waals surface area contributed by atoms with Crippen LogP contribution in [0.25, 0.3) is 11.0 Å². The van der Waals surface area contributed by atoms with Gasteiger partial charge >= 0.3 is 0 Å². The van der Waals surface area contributed by atoms with E-state index in [4.69, 9.17) is 10.2 Å². The van der Waals surface area contributed by atoms with Crippen molar-refractivity contribution >= 4 is 26.9 Å². The van der Waals surface area contributed by atoms with Gasteiger partial charge in [0.25, 0.3) is 0 Å². The Bertz CT molecular complexity index is 829. The monoisotopic (exact) mass is 351 g/mol. The number of rotatable bonds is 2. The Labute approximate surface area is 128 Å². The highest BCUT2D eigenvalue weighted by molar-refractivity contribution is 9.10. The smallest absolute Gasteiger partial charge is 0.164 e. The highest BCUT2D eigenvalue weighted by Crippen LogP contribution is 2.34. The zero-order valence-electron chi connectivity index (χ0n) is 11.2. The maximum Gasteiger partial charge on any atom is 0.164 e. The Morgan fingerprint density at radius 3 is 2.71 bits per heavy atom. The Morgan fingerprint density at radius 2 is 1.95 bits per heavy atom. The molecule has 3 aromatic rings. The molecular weight excluding hydrogens is 340 g/mol. The highest BCUT2D eigenvalue weighted by Gasteiger charge is 2.22. The lowest BCUT2D eigenvalue weighted by Gasteiger charge is -2.11. The first-order valence-electron chi connectivity index (χ1n) is 6.37. The summed E-state index contributed by atoms with van der Waals surface area (Å²) in [6.45, 7) is 1.85. The van der Waals surface area contributed by atoms with Gasteiger partial charge in [-0.05, 0) is 31.2 Å². The summed E-state index contributed by atoms with van der Waals surface area (Å²) in [5, 5.41) is 0.895. The van der Waals surface area contributed by atoms with Gasteiger partial charge in [-0.1, -0.05) is 28.1 Å². The quantitative estimate of drug-likeness (QED) is 0.718. The number of halogens is 3. The van der Waals surface area contributed by atoms with E-state index < -0.39 is 17.7 Å². The van der Waals surface area contributed by atoms with E-state index in [1.165, 1.54) is 12.1 Å². The van der Waals surface area contributed by atoms with Crippen molar-refractivity contribution in [1.82, 2.24) is 0 Å². The van der Waals surface area contributed by atoms with Crippen molar-refractivity contribution in [3.8, 4) is 0 Å². The van der Waals surface area contributed by atoms with Crippen LogP contribution in [-0.4, -0.2) is 0 Å². The summed E-state index contributed by atoms with van der Waals surface area (Å²) in [6.07, 6.45) is 0. The standard InChI is InChI=1S/C16H12BrF2NO/c1-8-11-7-9(17)5-6-13(11)21-16(8)15(20)10-3-2-4-12(18)14(10)19/h2-7,15H,20H2,1H3. The highest BCUT2D eigenvalue weighted by atomic mass is 79.9. The molecule has 0 aliphatic heterocycles. The second-order valence-corrected chi connectivity index (χ2v) is 5.77. The zero-order chi connectivity index (χ0) is 15.1. The number of fused-ring (bicyclic) bond motifs is 1. The molecule has 0 amide bonds. The van der Waals surface area contributed by atoms with Gasteiger partial charge in [0.05, 0.1) is 6.04 Å². The predicted octanol–water partition coefficient (Wildman–Crippen LogP) is 4.83. The third-order valence-corrected chi connectivity index (χ3v) is 4.03. The first-order chi connectivity index (χ1) is 9.99. The fraction of sp³-hybridized carbons (Fsp3) is 0.125. The second kappa shape index (κ2) is 5.24. The van der Waals surface area contributed by atoms with Gasteiger partial charge in [0.1, 0.15) is 11.3 Å². The van der Waals surface area contributed by atoms with Gasteiger partial charge in [-0.15, -0.1) is 0 Å². The van der Waals surface area contributed by atoms with Crippen LogP contribution in [0.15, 0.2) is 45.3 Å². The molecule has 2 aromatic carbocycles. The van der Waals surface area contributed by atoms with E-state index in [-0.39, 0.29) is 5.56 Å². The molecule has 1 aromatic heterocycles. The van der Waals surface area contributed by atoms with Gasteiger partial charge in [-0.3, -0.25) is 0 Å². The molecule has 1 atom stereocenters. The lowest BCUT2D eigenvalue weighted by Crippen LogP contribution is -2.14. The van der Waals surface area contributed by atoms with E-state index in [9.17, 15) is 8.78 Å². The van der Waals surface area contributed by atoms with Crippen LogP contribution < -0.4 is 5.73 Å². The SMILES string of the molecule is Cc1c(C(N)c2cccc(F)c2F)oc2ccc(Br)cc12. The topological polar surface area (TPSA) is 39.2 Å². The number of furan rings is 1. The number of hydrogen-bond acceptors (Lipinski definition) is 2. The Kier molecular flexibility index (Phi) is 3.55. The molecule has 108 valence electrons. The maximum atomic E-state index is 13.9. The van der Waals surface area contributed by atoms with Gasteiger partial charge in [0.15, 0.2) is 11.6 Å². The fourth-order valence-electron chi connectivity index (χ4n) is 2.41. The molecule has 2 N–H and O–H groups in total. The lowest BCUT2D eigenvalue weighted by atomic mass is 10.0. The molecule has 5 heteroatoms. The van der Waals surface area contributed by atoms with Gasteiger partial charge in [-0.2, -0.15) is 0 Å². The Balaban J connectivity index is 2.15. The minimum atomic E-state index is -0.939. The molecule has 0 aliphatic carbocycles. The molecule has 3 rings (SSSR count). The molecule has 0 aliphatic rings. The molecule has 0 spiro atoms. The van der Waals surface area contributed by atoms with E-state index in [0.29, 0.717) is 11.3 Å². The lowest BCUT2D eigenvalue weighted by molar-refractivity contribution is 0.474. The van der Waals surface area contributed by atoms with Crippen LogP contribution in [0.1, 0.15) is 22.9 Å². The molecule has 0 bridgehead atoms. The molecule has 0 radical (unpaired) electrons. The molecule has 1 unspecified atom stereocenters. The van der Waals surface area contributed by atoms with Crippen molar-refractivity contribution in [2.75, 3.05) is 0 Å². The number of nitrogens with two attached hydrogens (primary N) is 1. The summed E-state index contributed by atoms with van der Waals surface area (Å²) in [5.74, 6) is -1.42. The van der Waals surface area contributed by atoms with Crippen LogP contribution in [-0.2, 0) is 0 Å². The van der Waals surface area contributed by atoms with Gasteiger partial charge < -0.3 is 10.2 Å². The molecule has 21 heavy (non-hydrogen) atoms. The van der Waals surface area contributed by atoms with Gasteiger partial charge in [-0.25, -0.2) is 8.78 Å². The second-order valence-electron chi connectivity index (χ2n) is 4.85. The first kappa shape index (κ1) is 14.2. The average Bonchev–Trinajstić information content (AvgIpc) is 2.78. The minimum Gasteiger partial charge on any atom is -0.459 e. The van der Waals surface area contributed by atoms with E-state index in [1.54, 1.807) is 0 Å². The molecule has 1 heterocycles. The van der Waals surface area contributed by atoms with E-state index >= 15 is 0 Å². The normalized spacial score (nSPS) is 12.8. The summed E-state index contributed by atoms with van der Waals surface area (Å²) < 4.78 is 33.9. The summed E-state index contributed by atoms with van der Waals surface area (Å²) >= 11 is 3.40.